The van der Waals surface area contributed by atoms with E-state index < -0.39 is 23.5 Å². The molecule has 0 fully saturated rings. The zero-order chi connectivity index (χ0) is 33.9. The van der Waals surface area contributed by atoms with Gasteiger partial charge in [-0.15, -0.1) is 0 Å². The average Bonchev–Trinajstić information content (AvgIpc) is 3.64. The van der Waals surface area contributed by atoms with E-state index in [1.807, 2.05) is 30.3 Å². The minimum atomic E-state index is -0.954. The van der Waals surface area contributed by atoms with Crippen LogP contribution in [0.15, 0.2) is 113 Å². The molecule has 0 aliphatic carbocycles. The number of fused-ring (bicyclic) bond motifs is 1. The Morgan fingerprint density at radius 1 is 1.06 bits per heavy atom. The van der Waals surface area contributed by atoms with Crippen LogP contribution in [0.25, 0.3) is 23.0 Å². The molecule has 1 aliphatic rings. The van der Waals surface area contributed by atoms with Gasteiger partial charge < -0.3 is 14.2 Å². The molecule has 242 valence electrons. The second-order valence-electron chi connectivity index (χ2n) is 10.7. The van der Waals surface area contributed by atoms with E-state index in [4.69, 9.17) is 19.3 Å². The molecule has 0 N–H and O–H groups in total. The molecule has 12 heteroatoms. The summed E-state index contributed by atoms with van der Waals surface area (Å²) in [6, 6.07) is 19.3. The minimum Gasteiger partial charge on any atom is -0.493 e. The van der Waals surface area contributed by atoms with E-state index in [-0.39, 0.29) is 29.5 Å². The number of aromatic nitrogens is 3. The molecule has 3 heterocycles. The molecule has 0 radical (unpaired) electrons. The van der Waals surface area contributed by atoms with Crippen LogP contribution in [0.1, 0.15) is 31.0 Å². The maximum absolute atomic E-state index is 14.3. The van der Waals surface area contributed by atoms with E-state index >= 15 is 0 Å². The van der Waals surface area contributed by atoms with Crippen LogP contribution in [0.3, 0.4) is 0 Å². The monoisotopic (exact) mass is 664 g/mol. The molecule has 0 saturated carbocycles. The summed E-state index contributed by atoms with van der Waals surface area (Å²) in [5.74, 6) is -1.17. The van der Waals surface area contributed by atoms with Crippen LogP contribution in [0.2, 0.25) is 0 Å². The highest BCUT2D eigenvalue weighted by molar-refractivity contribution is 7.07. The third-order valence-corrected chi connectivity index (χ3v) is 8.48. The van der Waals surface area contributed by atoms with Gasteiger partial charge in [-0.1, -0.05) is 48.3 Å². The van der Waals surface area contributed by atoms with Crippen molar-refractivity contribution in [3.05, 3.63) is 140 Å². The number of hydrogen-bond acceptors (Lipinski definition) is 9. The lowest BCUT2D eigenvalue weighted by atomic mass is 9.95. The van der Waals surface area contributed by atoms with Gasteiger partial charge in [0.05, 0.1) is 34.6 Å². The zero-order valence-corrected chi connectivity index (χ0v) is 27.0. The standard InChI is InChI=1S/C36H29FN4O6S/c1-5-17-46-35(44)31-21(2)38-36-41(33(31)24-13-16-28(47-22(3)42)29(18-24)45-4)34(43)30(48-36)19-25-20-40(27-9-7-6-8-10-27)39-32(25)23-11-14-26(37)15-12-23/h5-16,18-20,33H,1,17H2,2-4H3. The molecule has 5 aromatic rings. The van der Waals surface area contributed by atoms with Crippen molar-refractivity contribution in [2.75, 3.05) is 13.7 Å². The van der Waals surface area contributed by atoms with Gasteiger partial charge in [0, 0.05) is 24.2 Å². The van der Waals surface area contributed by atoms with Crippen molar-refractivity contribution in [1.29, 1.82) is 0 Å². The quantitative estimate of drug-likeness (QED) is 0.125. The Morgan fingerprint density at radius 3 is 2.50 bits per heavy atom. The fourth-order valence-electron chi connectivity index (χ4n) is 5.38. The number of ether oxygens (including phenoxy) is 3. The maximum Gasteiger partial charge on any atom is 0.338 e. The summed E-state index contributed by atoms with van der Waals surface area (Å²) in [5.41, 5.74) is 3.22. The highest BCUT2D eigenvalue weighted by atomic mass is 32.1. The van der Waals surface area contributed by atoms with Crippen LogP contribution in [0, 0.1) is 5.82 Å². The van der Waals surface area contributed by atoms with Crippen LogP contribution in [0.5, 0.6) is 11.5 Å². The summed E-state index contributed by atoms with van der Waals surface area (Å²) < 4.78 is 33.5. The van der Waals surface area contributed by atoms with Crippen molar-refractivity contribution in [3.63, 3.8) is 0 Å². The molecular weight excluding hydrogens is 635 g/mol. The van der Waals surface area contributed by atoms with Gasteiger partial charge in [-0.2, -0.15) is 5.10 Å². The molecule has 1 atom stereocenters. The Kier molecular flexibility index (Phi) is 9.00. The Labute approximate surface area is 278 Å². The van der Waals surface area contributed by atoms with E-state index in [0.717, 1.165) is 17.0 Å². The normalized spacial score (nSPS) is 14.2. The Morgan fingerprint density at radius 2 is 1.81 bits per heavy atom. The number of hydrogen-bond donors (Lipinski definition) is 0. The van der Waals surface area contributed by atoms with Gasteiger partial charge in [0.2, 0.25) is 0 Å². The Hall–Kier alpha value is -5.88. The maximum atomic E-state index is 14.3. The number of rotatable bonds is 9. The summed E-state index contributed by atoms with van der Waals surface area (Å²) in [5, 5.41) is 4.78. The average molecular weight is 665 g/mol. The van der Waals surface area contributed by atoms with Crippen LogP contribution < -0.4 is 24.4 Å². The first kappa shape index (κ1) is 32.1. The summed E-state index contributed by atoms with van der Waals surface area (Å²) in [6.07, 6.45) is 4.96. The first-order valence-electron chi connectivity index (χ1n) is 14.8. The Bertz CT molecular complexity index is 2270. The minimum absolute atomic E-state index is 0.0426. The van der Waals surface area contributed by atoms with E-state index in [0.29, 0.717) is 37.4 Å². The Balaban J connectivity index is 1.55. The third kappa shape index (κ3) is 6.25. The molecule has 0 amide bonds. The van der Waals surface area contributed by atoms with Gasteiger partial charge in [-0.05, 0) is 67.1 Å². The number of allylic oxidation sites excluding steroid dienone is 1. The SMILES string of the molecule is C=CCOC(=O)C1=C(C)N=c2sc(=Cc3cn(-c4ccccc4)nc3-c3ccc(F)cc3)c(=O)n2C1c1ccc(OC(C)=O)c(OC)c1. The summed E-state index contributed by atoms with van der Waals surface area (Å²) in [6.45, 7) is 6.53. The summed E-state index contributed by atoms with van der Waals surface area (Å²) >= 11 is 1.15. The fraction of sp³-hybridized carbons (Fsp3) is 0.139. The topological polar surface area (TPSA) is 114 Å². The lowest BCUT2D eigenvalue weighted by Gasteiger charge is -2.25. The van der Waals surface area contributed by atoms with Crippen LogP contribution in [0.4, 0.5) is 4.39 Å². The van der Waals surface area contributed by atoms with Gasteiger partial charge in [0.1, 0.15) is 18.1 Å². The first-order valence-corrected chi connectivity index (χ1v) is 15.6. The fourth-order valence-corrected chi connectivity index (χ4v) is 6.42. The molecule has 1 unspecified atom stereocenters. The van der Waals surface area contributed by atoms with E-state index in [9.17, 15) is 18.8 Å². The largest absolute Gasteiger partial charge is 0.493 e. The summed E-state index contributed by atoms with van der Waals surface area (Å²) in [4.78, 5) is 44.5. The number of carbonyl (C=O) groups is 2. The van der Waals surface area contributed by atoms with Crippen molar-refractivity contribution in [1.82, 2.24) is 14.3 Å². The van der Waals surface area contributed by atoms with Gasteiger partial charge in [0.15, 0.2) is 16.3 Å². The number of para-hydroxylation sites is 1. The highest BCUT2D eigenvalue weighted by Crippen LogP contribution is 2.36. The molecule has 0 spiro atoms. The van der Waals surface area contributed by atoms with Crippen LogP contribution >= 0.6 is 11.3 Å². The van der Waals surface area contributed by atoms with Gasteiger partial charge >= 0.3 is 11.9 Å². The van der Waals surface area contributed by atoms with Gasteiger partial charge in [-0.3, -0.25) is 14.2 Å². The molecule has 3 aromatic carbocycles. The molecule has 0 bridgehead atoms. The predicted molar refractivity (Wildman–Crippen MR) is 178 cm³/mol. The lowest BCUT2D eigenvalue weighted by molar-refractivity contribution is -0.138. The van der Waals surface area contributed by atoms with Crippen molar-refractivity contribution in [2.45, 2.75) is 19.9 Å². The number of benzene rings is 3. The molecule has 10 nitrogen and oxygen atoms in total. The van der Waals surface area contributed by atoms with Crippen molar-refractivity contribution in [3.8, 4) is 28.4 Å². The van der Waals surface area contributed by atoms with E-state index in [1.54, 1.807) is 54.2 Å². The molecule has 2 aromatic heterocycles. The number of methoxy groups -OCH3 is 1. The van der Waals surface area contributed by atoms with Crippen molar-refractivity contribution >= 4 is 29.4 Å². The van der Waals surface area contributed by atoms with Gasteiger partial charge in [-0.25, -0.2) is 18.9 Å². The molecule has 48 heavy (non-hydrogen) atoms. The molecular formula is C36H29FN4O6S. The summed E-state index contributed by atoms with van der Waals surface area (Å²) in [7, 11) is 1.42. The van der Waals surface area contributed by atoms with Crippen molar-refractivity contribution < 1.29 is 28.2 Å². The number of carbonyl (C=O) groups excluding carboxylic acids is 2. The first-order chi connectivity index (χ1) is 23.2. The van der Waals surface area contributed by atoms with Gasteiger partial charge in [0.25, 0.3) is 5.56 Å². The van der Waals surface area contributed by atoms with Crippen LogP contribution in [-0.4, -0.2) is 40.0 Å². The van der Waals surface area contributed by atoms with E-state index in [1.165, 1.54) is 36.8 Å². The second-order valence-corrected chi connectivity index (χ2v) is 11.7. The number of thiazole rings is 1. The number of esters is 2. The second kappa shape index (κ2) is 13.5. The molecule has 1 aliphatic heterocycles. The zero-order valence-electron chi connectivity index (χ0n) is 26.2. The van der Waals surface area contributed by atoms with Crippen LogP contribution in [-0.2, 0) is 14.3 Å². The number of halogens is 1. The third-order valence-electron chi connectivity index (χ3n) is 7.50. The molecule has 6 rings (SSSR count). The smallest absolute Gasteiger partial charge is 0.338 e. The van der Waals surface area contributed by atoms with Crippen molar-refractivity contribution in [2.24, 2.45) is 4.99 Å². The number of nitrogens with zero attached hydrogens (tertiary/aromatic N) is 4. The highest BCUT2D eigenvalue weighted by Gasteiger charge is 2.34. The predicted octanol–water partition coefficient (Wildman–Crippen LogP) is 4.89. The van der Waals surface area contributed by atoms with E-state index in [2.05, 4.69) is 11.6 Å². The lowest BCUT2D eigenvalue weighted by Crippen LogP contribution is -2.40. The molecule has 0 saturated heterocycles.